The van der Waals surface area contributed by atoms with Crippen molar-refractivity contribution in [2.45, 2.75) is 26.2 Å². The Kier molecular flexibility index (Phi) is 8.33. The molecule has 0 fully saturated rings. The molecular formula is C18H27ClN4S. The lowest BCUT2D eigenvalue weighted by Gasteiger charge is -2.11. The first-order valence-electron chi connectivity index (χ1n) is 8.51. The number of nitrogens with zero attached hydrogens (tertiary/aromatic N) is 1. The molecule has 0 bridgehead atoms. The number of nitrogens with one attached hydrogen (secondary N) is 3. The zero-order valence-electron chi connectivity index (χ0n) is 14.5. The average Bonchev–Trinajstić information content (AvgIpc) is 2.97. The largest absolute Gasteiger partial charge is 0.361 e. The zero-order chi connectivity index (χ0) is 17.2. The molecule has 0 radical (unpaired) electrons. The summed E-state index contributed by atoms with van der Waals surface area (Å²) in [6.07, 6.45) is 7.50. The van der Waals surface area contributed by atoms with E-state index in [0.717, 1.165) is 49.0 Å². The molecule has 0 aliphatic carbocycles. The topological polar surface area (TPSA) is 52.2 Å². The van der Waals surface area contributed by atoms with E-state index in [1.54, 1.807) is 0 Å². The molecule has 0 unspecified atom stereocenters. The fourth-order valence-electron chi connectivity index (χ4n) is 2.56. The fourth-order valence-corrected chi connectivity index (χ4v) is 3.23. The Morgan fingerprint density at radius 1 is 1.29 bits per heavy atom. The van der Waals surface area contributed by atoms with Crippen molar-refractivity contribution >= 4 is 40.2 Å². The predicted octanol–water partition coefficient (Wildman–Crippen LogP) is 4.06. The summed E-state index contributed by atoms with van der Waals surface area (Å²) < 4.78 is 0. The van der Waals surface area contributed by atoms with E-state index in [4.69, 9.17) is 11.6 Å². The minimum Gasteiger partial charge on any atom is -0.361 e. The number of hydrogen-bond acceptors (Lipinski definition) is 2. The number of unbranched alkanes of at least 4 members (excludes halogenated alkanes) is 1. The first kappa shape index (κ1) is 19.0. The Bertz CT molecular complexity index is 654. The first-order chi connectivity index (χ1) is 11.7. The molecule has 6 heteroatoms. The highest BCUT2D eigenvalue weighted by Gasteiger charge is 2.05. The third-order valence-corrected chi connectivity index (χ3v) is 4.72. The van der Waals surface area contributed by atoms with Crippen molar-refractivity contribution in [1.29, 1.82) is 0 Å². The lowest BCUT2D eigenvalue weighted by Crippen LogP contribution is -2.38. The lowest BCUT2D eigenvalue weighted by atomic mass is 10.1. The average molecular weight is 367 g/mol. The van der Waals surface area contributed by atoms with Crippen molar-refractivity contribution < 1.29 is 0 Å². The van der Waals surface area contributed by atoms with Crippen LogP contribution in [0.2, 0.25) is 5.02 Å². The van der Waals surface area contributed by atoms with Crippen LogP contribution >= 0.6 is 23.4 Å². The summed E-state index contributed by atoms with van der Waals surface area (Å²) in [5.74, 6) is 2.11. The van der Waals surface area contributed by atoms with Crippen LogP contribution in [0.25, 0.3) is 10.9 Å². The number of fused-ring (bicyclic) bond motifs is 1. The van der Waals surface area contributed by atoms with Crippen LogP contribution in [0.15, 0.2) is 29.4 Å². The van der Waals surface area contributed by atoms with Gasteiger partial charge in [-0.25, -0.2) is 0 Å². The van der Waals surface area contributed by atoms with Crippen molar-refractivity contribution in [3.8, 4) is 0 Å². The highest BCUT2D eigenvalue weighted by molar-refractivity contribution is 7.98. The van der Waals surface area contributed by atoms with Crippen LogP contribution in [0.4, 0.5) is 0 Å². The standard InChI is InChI=1S/C18H27ClN4S/c1-3-20-18(21-9-4-5-11-24-2)22-10-8-14-13-23-17-7-6-15(19)12-16(14)17/h6-7,12-13,23H,3-5,8-11H2,1-2H3,(H2,20,21,22). The van der Waals surface area contributed by atoms with Gasteiger partial charge in [0.15, 0.2) is 5.96 Å². The lowest BCUT2D eigenvalue weighted by molar-refractivity contribution is 0.771. The molecule has 3 N–H and O–H groups in total. The van der Waals surface area contributed by atoms with Crippen LogP contribution in [-0.4, -0.2) is 42.6 Å². The molecule has 0 spiro atoms. The van der Waals surface area contributed by atoms with E-state index in [-0.39, 0.29) is 0 Å². The van der Waals surface area contributed by atoms with Crippen LogP contribution < -0.4 is 10.6 Å². The summed E-state index contributed by atoms with van der Waals surface area (Å²) in [7, 11) is 0. The molecule has 132 valence electrons. The summed E-state index contributed by atoms with van der Waals surface area (Å²) in [6, 6.07) is 5.96. The number of thioether (sulfide) groups is 1. The number of benzene rings is 1. The third kappa shape index (κ3) is 5.95. The number of halogens is 1. The highest BCUT2D eigenvalue weighted by atomic mass is 35.5. The second-order valence-corrected chi connectivity index (χ2v) is 7.06. The van der Waals surface area contributed by atoms with E-state index in [2.05, 4.69) is 40.0 Å². The zero-order valence-corrected chi connectivity index (χ0v) is 16.1. The molecule has 1 aromatic carbocycles. The van der Waals surface area contributed by atoms with E-state index in [1.807, 2.05) is 30.0 Å². The third-order valence-electron chi connectivity index (χ3n) is 3.79. The van der Waals surface area contributed by atoms with Gasteiger partial charge in [-0.05, 0) is 62.0 Å². The molecule has 0 atom stereocenters. The second kappa shape index (κ2) is 10.5. The molecule has 0 saturated heterocycles. The molecule has 1 heterocycles. The summed E-state index contributed by atoms with van der Waals surface area (Å²) in [6.45, 7) is 4.68. The number of guanidine groups is 1. The monoisotopic (exact) mass is 366 g/mol. The first-order valence-corrected chi connectivity index (χ1v) is 10.3. The van der Waals surface area contributed by atoms with Gasteiger partial charge in [-0.3, -0.25) is 4.99 Å². The highest BCUT2D eigenvalue weighted by Crippen LogP contribution is 2.22. The molecule has 2 rings (SSSR count). The van der Waals surface area contributed by atoms with Crippen LogP contribution in [0, 0.1) is 0 Å². The second-order valence-electron chi connectivity index (χ2n) is 5.64. The molecule has 0 saturated carbocycles. The smallest absolute Gasteiger partial charge is 0.191 e. The number of H-pyrrole nitrogens is 1. The minimum atomic E-state index is 0.774. The van der Waals surface area contributed by atoms with E-state index in [0.29, 0.717) is 0 Å². The van der Waals surface area contributed by atoms with Crippen molar-refractivity contribution in [1.82, 2.24) is 15.6 Å². The Hall–Kier alpha value is -1.33. The Morgan fingerprint density at radius 2 is 2.17 bits per heavy atom. The van der Waals surface area contributed by atoms with Crippen molar-refractivity contribution in [2.75, 3.05) is 31.6 Å². The van der Waals surface area contributed by atoms with Gasteiger partial charge in [0, 0.05) is 41.8 Å². The molecular weight excluding hydrogens is 340 g/mol. The quantitative estimate of drug-likeness (QED) is 0.356. The van der Waals surface area contributed by atoms with E-state index < -0.39 is 0 Å². The van der Waals surface area contributed by atoms with Gasteiger partial charge in [0.2, 0.25) is 0 Å². The molecule has 0 amide bonds. The van der Waals surface area contributed by atoms with Gasteiger partial charge in [0.25, 0.3) is 0 Å². The number of hydrogen-bond donors (Lipinski definition) is 3. The number of aromatic amines is 1. The molecule has 2 aromatic rings. The summed E-state index contributed by atoms with van der Waals surface area (Å²) >= 11 is 8.00. The van der Waals surface area contributed by atoms with Gasteiger partial charge in [-0.1, -0.05) is 11.6 Å². The van der Waals surface area contributed by atoms with Crippen LogP contribution in [-0.2, 0) is 6.42 Å². The van der Waals surface area contributed by atoms with Crippen LogP contribution in [0.5, 0.6) is 0 Å². The number of aliphatic imine (C=N–C) groups is 1. The normalized spacial score (nSPS) is 11.9. The van der Waals surface area contributed by atoms with Crippen LogP contribution in [0.1, 0.15) is 25.3 Å². The summed E-state index contributed by atoms with van der Waals surface area (Å²) in [5, 5.41) is 8.69. The Labute approximate surface area is 153 Å². The van der Waals surface area contributed by atoms with Gasteiger partial charge in [-0.15, -0.1) is 0 Å². The summed E-state index contributed by atoms with van der Waals surface area (Å²) in [5.41, 5.74) is 2.40. The maximum atomic E-state index is 6.11. The molecule has 24 heavy (non-hydrogen) atoms. The van der Waals surface area contributed by atoms with Gasteiger partial charge in [-0.2, -0.15) is 11.8 Å². The van der Waals surface area contributed by atoms with Gasteiger partial charge in [0.05, 0.1) is 0 Å². The van der Waals surface area contributed by atoms with Gasteiger partial charge >= 0.3 is 0 Å². The maximum absolute atomic E-state index is 6.11. The van der Waals surface area contributed by atoms with Crippen LogP contribution in [0.3, 0.4) is 0 Å². The fraction of sp³-hybridized carbons (Fsp3) is 0.500. The van der Waals surface area contributed by atoms with E-state index in [9.17, 15) is 0 Å². The number of aromatic nitrogens is 1. The number of rotatable bonds is 9. The SMILES string of the molecule is CCNC(=NCCCCSC)NCCc1c[nH]c2ccc(Cl)cc12. The Balaban J connectivity index is 1.84. The minimum absolute atomic E-state index is 0.774. The molecule has 1 aromatic heterocycles. The predicted molar refractivity (Wildman–Crippen MR) is 109 cm³/mol. The Morgan fingerprint density at radius 3 is 2.96 bits per heavy atom. The molecule has 0 aliphatic heterocycles. The van der Waals surface area contributed by atoms with Crippen molar-refractivity contribution in [2.24, 2.45) is 4.99 Å². The van der Waals surface area contributed by atoms with E-state index >= 15 is 0 Å². The maximum Gasteiger partial charge on any atom is 0.191 e. The van der Waals surface area contributed by atoms with Gasteiger partial charge < -0.3 is 15.6 Å². The molecule has 4 nitrogen and oxygen atoms in total. The van der Waals surface area contributed by atoms with Crippen molar-refractivity contribution in [3.05, 3.63) is 35.0 Å². The van der Waals surface area contributed by atoms with Gasteiger partial charge in [0.1, 0.15) is 0 Å². The van der Waals surface area contributed by atoms with E-state index in [1.165, 1.54) is 23.1 Å². The van der Waals surface area contributed by atoms with Crippen molar-refractivity contribution in [3.63, 3.8) is 0 Å². The molecule has 0 aliphatic rings. The summed E-state index contributed by atoms with van der Waals surface area (Å²) in [4.78, 5) is 7.94.